The lowest BCUT2D eigenvalue weighted by molar-refractivity contribution is 0.0925. The number of halogens is 2. The number of carbonyl (C=O) groups is 1. The van der Waals surface area contributed by atoms with Crippen LogP contribution in [0.1, 0.15) is 9.67 Å². The minimum absolute atomic E-state index is 0.0133. The molecule has 1 aromatic carbocycles. The van der Waals surface area contributed by atoms with Crippen molar-refractivity contribution in [3.05, 3.63) is 50.1 Å². The zero-order valence-corrected chi connectivity index (χ0v) is 11.8. The Morgan fingerprint density at radius 3 is 2.88 bits per heavy atom. The fourth-order valence-electron chi connectivity index (χ4n) is 1.26. The topological polar surface area (TPSA) is 26.3 Å². The average Bonchev–Trinajstić information content (AvgIpc) is 2.72. The number of thiophene rings is 1. The smallest absolute Gasteiger partial charge is 0.211 e. The standard InChI is InChI=1S/C12H8BrClO2S/c13-10-4-5-17-12(10)11(15)7-16-9-3-1-2-8(14)6-9/h1-6H,7H2. The Hall–Kier alpha value is -0.840. The lowest BCUT2D eigenvalue weighted by Gasteiger charge is -2.04. The van der Waals surface area contributed by atoms with Crippen LogP contribution < -0.4 is 4.74 Å². The molecule has 0 radical (unpaired) electrons. The Morgan fingerprint density at radius 2 is 2.24 bits per heavy atom. The number of hydrogen-bond donors (Lipinski definition) is 0. The highest BCUT2D eigenvalue weighted by Gasteiger charge is 2.12. The van der Waals surface area contributed by atoms with Crippen molar-refractivity contribution in [2.45, 2.75) is 0 Å². The molecule has 1 aromatic heterocycles. The molecule has 2 rings (SSSR count). The van der Waals surface area contributed by atoms with Crippen LogP contribution in [-0.4, -0.2) is 12.4 Å². The van der Waals surface area contributed by atoms with E-state index in [1.165, 1.54) is 11.3 Å². The van der Waals surface area contributed by atoms with Gasteiger partial charge in [-0.25, -0.2) is 0 Å². The first kappa shape index (κ1) is 12.6. The first-order valence-electron chi connectivity index (χ1n) is 4.81. The van der Waals surface area contributed by atoms with Gasteiger partial charge in [-0.15, -0.1) is 11.3 Å². The number of benzene rings is 1. The summed E-state index contributed by atoms with van der Waals surface area (Å²) in [6, 6.07) is 8.83. The molecular weight excluding hydrogens is 324 g/mol. The Labute approximate surface area is 116 Å². The van der Waals surface area contributed by atoms with E-state index in [2.05, 4.69) is 15.9 Å². The van der Waals surface area contributed by atoms with Crippen LogP contribution in [-0.2, 0) is 0 Å². The van der Waals surface area contributed by atoms with Crippen LogP contribution in [0.25, 0.3) is 0 Å². The van der Waals surface area contributed by atoms with E-state index in [4.69, 9.17) is 16.3 Å². The van der Waals surface area contributed by atoms with E-state index in [1.54, 1.807) is 24.3 Å². The number of ether oxygens (including phenoxy) is 1. The summed E-state index contributed by atoms with van der Waals surface area (Å²) in [6.45, 7) is 0.0133. The minimum Gasteiger partial charge on any atom is -0.485 e. The number of hydrogen-bond acceptors (Lipinski definition) is 3. The van der Waals surface area contributed by atoms with Crippen molar-refractivity contribution in [1.29, 1.82) is 0 Å². The molecule has 0 saturated heterocycles. The van der Waals surface area contributed by atoms with Gasteiger partial charge in [-0.1, -0.05) is 17.7 Å². The predicted octanol–water partition coefficient (Wildman–Crippen LogP) is 4.43. The number of carbonyl (C=O) groups excluding carboxylic acids is 1. The molecule has 0 aliphatic heterocycles. The van der Waals surface area contributed by atoms with Crippen molar-refractivity contribution in [3.63, 3.8) is 0 Å². The van der Waals surface area contributed by atoms with Gasteiger partial charge >= 0.3 is 0 Å². The van der Waals surface area contributed by atoms with Crippen LogP contribution in [0.15, 0.2) is 40.2 Å². The van der Waals surface area contributed by atoms with Crippen LogP contribution in [0.5, 0.6) is 5.75 Å². The summed E-state index contributed by atoms with van der Waals surface area (Å²) in [6.07, 6.45) is 0. The van der Waals surface area contributed by atoms with E-state index in [9.17, 15) is 4.79 Å². The van der Waals surface area contributed by atoms with Crippen molar-refractivity contribution in [1.82, 2.24) is 0 Å². The van der Waals surface area contributed by atoms with Crippen molar-refractivity contribution in [2.24, 2.45) is 0 Å². The van der Waals surface area contributed by atoms with Crippen molar-refractivity contribution in [3.8, 4) is 5.75 Å². The molecule has 2 aromatic rings. The van der Waals surface area contributed by atoms with Crippen LogP contribution in [0.4, 0.5) is 0 Å². The molecule has 5 heteroatoms. The third-order valence-electron chi connectivity index (χ3n) is 2.04. The summed E-state index contributed by atoms with van der Waals surface area (Å²) in [5.74, 6) is 0.547. The molecular formula is C12H8BrClO2S. The molecule has 0 fully saturated rings. The highest BCUT2D eigenvalue weighted by molar-refractivity contribution is 9.10. The fraction of sp³-hybridized carbons (Fsp3) is 0.0833. The van der Waals surface area contributed by atoms with Crippen LogP contribution >= 0.6 is 38.9 Å². The second kappa shape index (κ2) is 5.67. The normalized spacial score (nSPS) is 10.2. The third-order valence-corrected chi connectivity index (χ3v) is 4.15. The number of Topliss-reactive ketones (excluding diaryl/α,β-unsaturated/α-hetero) is 1. The number of ketones is 1. The molecule has 0 N–H and O–H groups in total. The molecule has 0 amide bonds. The SMILES string of the molecule is O=C(COc1cccc(Cl)c1)c1sccc1Br. The highest BCUT2D eigenvalue weighted by Crippen LogP contribution is 2.23. The third kappa shape index (κ3) is 3.31. The van der Waals surface area contributed by atoms with E-state index in [1.807, 2.05) is 11.4 Å². The van der Waals surface area contributed by atoms with Gasteiger partial charge in [0.05, 0.1) is 4.88 Å². The molecule has 0 atom stereocenters. The van der Waals surface area contributed by atoms with Crippen LogP contribution in [0, 0.1) is 0 Å². The van der Waals surface area contributed by atoms with Gasteiger partial charge in [0.2, 0.25) is 5.78 Å². The Kier molecular flexibility index (Phi) is 4.20. The quantitative estimate of drug-likeness (QED) is 0.775. The molecule has 1 heterocycles. The molecule has 88 valence electrons. The lowest BCUT2D eigenvalue weighted by Crippen LogP contribution is -2.10. The highest BCUT2D eigenvalue weighted by atomic mass is 79.9. The van der Waals surface area contributed by atoms with Crippen molar-refractivity contribution < 1.29 is 9.53 Å². The summed E-state index contributed by atoms with van der Waals surface area (Å²) in [4.78, 5) is 12.5. The van der Waals surface area contributed by atoms with Crippen molar-refractivity contribution >= 4 is 44.7 Å². The summed E-state index contributed by atoms with van der Waals surface area (Å²) in [5.41, 5.74) is 0. The van der Waals surface area contributed by atoms with Crippen molar-refractivity contribution in [2.75, 3.05) is 6.61 Å². The number of rotatable bonds is 4. The summed E-state index contributed by atoms with van der Waals surface area (Å²) < 4.78 is 6.19. The van der Waals surface area contributed by atoms with E-state index < -0.39 is 0 Å². The predicted molar refractivity (Wildman–Crippen MR) is 73.3 cm³/mol. The van der Waals surface area contributed by atoms with E-state index in [-0.39, 0.29) is 12.4 Å². The van der Waals surface area contributed by atoms with E-state index in [0.717, 1.165) is 4.47 Å². The fourth-order valence-corrected chi connectivity index (χ4v) is 2.96. The summed E-state index contributed by atoms with van der Waals surface area (Å²) in [5, 5.41) is 2.45. The zero-order valence-electron chi connectivity index (χ0n) is 8.65. The van der Waals surface area contributed by atoms with Gasteiger partial charge in [-0.2, -0.15) is 0 Å². The van der Waals surface area contributed by atoms with Gasteiger partial charge in [-0.3, -0.25) is 4.79 Å². The Morgan fingerprint density at radius 1 is 1.41 bits per heavy atom. The summed E-state index contributed by atoms with van der Waals surface area (Å²) in [7, 11) is 0. The minimum atomic E-state index is -0.0492. The molecule has 0 aliphatic rings. The second-order valence-corrected chi connectivity index (χ2v) is 5.47. The van der Waals surface area contributed by atoms with Gasteiger partial charge in [0, 0.05) is 9.50 Å². The lowest BCUT2D eigenvalue weighted by atomic mass is 10.3. The van der Waals surface area contributed by atoms with Crippen LogP contribution in [0.3, 0.4) is 0 Å². The Bertz CT molecular complexity index is 539. The molecule has 0 aliphatic carbocycles. The van der Waals surface area contributed by atoms with E-state index in [0.29, 0.717) is 15.6 Å². The van der Waals surface area contributed by atoms with Gasteiger partial charge in [0.1, 0.15) is 5.75 Å². The average molecular weight is 332 g/mol. The van der Waals surface area contributed by atoms with Gasteiger partial charge in [0.15, 0.2) is 6.61 Å². The Balaban J connectivity index is 1.99. The first-order valence-corrected chi connectivity index (χ1v) is 6.86. The largest absolute Gasteiger partial charge is 0.485 e. The van der Waals surface area contributed by atoms with E-state index >= 15 is 0 Å². The van der Waals surface area contributed by atoms with Gasteiger partial charge < -0.3 is 4.74 Å². The zero-order chi connectivity index (χ0) is 12.3. The molecule has 0 saturated carbocycles. The molecule has 2 nitrogen and oxygen atoms in total. The van der Waals surface area contributed by atoms with Gasteiger partial charge in [-0.05, 0) is 45.6 Å². The maximum Gasteiger partial charge on any atom is 0.211 e. The second-order valence-electron chi connectivity index (χ2n) is 3.27. The molecule has 17 heavy (non-hydrogen) atoms. The van der Waals surface area contributed by atoms with Gasteiger partial charge in [0.25, 0.3) is 0 Å². The molecule has 0 spiro atoms. The maximum absolute atomic E-state index is 11.8. The van der Waals surface area contributed by atoms with Crippen LogP contribution in [0.2, 0.25) is 5.02 Å². The monoisotopic (exact) mass is 330 g/mol. The molecule has 0 unspecified atom stereocenters. The summed E-state index contributed by atoms with van der Waals surface area (Å²) >= 11 is 10.5. The maximum atomic E-state index is 11.8. The molecule has 0 bridgehead atoms. The first-order chi connectivity index (χ1) is 8.16.